The SMILES string of the molecule is CCOC(=O)C(C)=O.O=[N+]([O-])c1ccccc1. The van der Waals surface area contributed by atoms with Gasteiger partial charge in [0.25, 0.3) is 5.69 Å². The first-order chi connectivity index (χ1) is 7.99. The minimum Gasteiger partial charge on any atom is -0.460 e. The van der Waals surface area contributed by atoms with Gasteiger partial charge in [-0.15, -0.1) is 0 Å². The third-order valence-corrected chi connectivity index (χ3v) is 1.53. The van der Waals surface area contributed by atoms with Gasteiger partial charge >= 0.3 is 5.97 Å². The van der Waals surface area contributed by atoms with Crippen LogP contribution in [0, 0.1) is 10.1 Å². The molecule has 0 aliphatic rings. The number of nitro benzene ring substituents is 1. The number of carbonyl (C=O) groups is 2. The highest BCUT2D eigenvalue weighted by Crippen LogP contribution is 2.06. The molecule has 0 amide bonds. The summed E-state index contributed by atoms with van der Waals surface area (Å²) in [5, 5.41) is 10.0. The van der Waals surface area contributed by atoms with Crippen molar-refractivity contribution in [1.29, 1.82) is 0 Å². The number of nitrogens with zero attached hydrogens (tertiary/aromatic N) is 1. The average molecular weight is 239 g/mol. The zero-order valence-electron chi connectivity index (χ0n) is 9.58. The number of rotatable bonds is 3. The molecule has 1 aromatic rings. The van der Waals surface area contributed by atoms with Crippen molar-refractivity contribution in [2.75, 3.05) is 6.61 Å². The molecule has 0 saturated carbocycles. The molecule has 0 aliphatic heterocycles. The highest BCUT2D eigenvalue weighted by Gasteiger charge is 2.05. The molecule has 0 aliphatic carbocycles. The minimum absolute atomic E-state index is 0.137. The number of benzene rings is 1. The zero-order valence-corrected chi connectivity index (χ0v) is 9.58. The summed E-state index contributed by atoms with van der Waals surface area (Å²) in [7, 11) is 0. The van der Waals surface area contributed by atoms with Crippen LogP contribution in [0.2, 0.25) is 0 Å². The molecule has 0 spiro atoms. The third kappa shape index (κ3) is 6.77. The Bertz CT molecular complexity index is 388. The van der Waals surface area contributed by atoms with E-state index >= 15 is 0 Å². The lowest BCUT2D eigenvalue weighted by atomic mass is 10.3. The van der Waals surface area contributed by atoms with Crippen LogP contribution in [-0.2, 0) is 14.3 Å². The van der Waals surface area contributed by atoms with Crippen molar-refractivity contribution in [3.63, 3.8) is 0 Å². The molecule has 0 N–H and O–H groups in total. The molecule has 92 valence electrons. The first-order valence-electron chi connectivity index (χ1n) is 4.86. The molecule has 0 aromatic heterocycles. The van der Waals surface area contributed by atoms with Crippen molar-refractivity contribution in [3.05, 3.63) is 40.4 Å². The fourth-order valence-corrected chi connectivity index (χ4v) is 0.782. The van der Waals surface area contributed by atoms with Crippen LogP contribution in [0.15, 0.2) is 30.3 Å². The summed E-state index contributed by atoms with van der Waals surface area (Å²) in [6.45, 7) is 3.09. The van der Waals surface area contributed by atoms with Gasteiger partial charge in [-0.2, -0.15) is 0 Å². The lowest BCUT2D eigenvalue weighted by Gasteiger charge is -1.93. The van der Waals surface area contributed by atoms with Gasteiger partial charge in [-0.25, -0.2) is 4.79 Å². The van der Waals surface area contributed by atoms with E-state index in [1.807, 2.05) is 0 Å². The van der Waals surface area contributed by atoms with E-state index in [0.29, 0.717) is 0 Å². The summed E-state index contributed by atoms with van der Waals surface area (Å²) in [6, 6.07) is 7.93. The van der Waals surface area contributed by atoms with Gasteiger partial charge in [0, 0.05) is 19.1 Å². The minimum atomic E-state index is -0.757. The molecule has 17 heavy (non-hydrogen) atoms. The second-order valence-electron chi connectivity index (χ2n) is 2.87. The van der Waals surface area contributed by atoms with E-state index in [9.17, 15) is 19.7 Å². The second kappa shape index (κ2) is 7.98. The number of para-hydroxylation sites is 1. The van der Waals surface area contributed by atoms with E-state index in [4.69, 9.17) is 0 Å². The molecule has 0 heterocycles. The van der Waals surface area contributed by atoms with E-state index in [1.54, 1.807) is 25.1 Å². The molecule has 0 saturated heterocycles. The summed E-state index contributed by atoms with van der Waals surface area (Å²) in [4.78, 5) is 29.8. The van der Waals surface area contributed by atoms with Gasteiger partial charge in [-0.05, 0) is 6.92 Å². The van der Waals surface area contributed by atoms with Crippen molar-refractivity contribution < 1.29 is 19.2 Å². The third-order valence-electron chi connectivity index (χ3n) is 1.53. The van der Waals surface area contributed by atoms with E-state index in [-0.39, 0.29) is 12.3 Å². The maximum atomic E-state index is 10.2. The average Bonchev–Trinajstić information content (AvgIpc) is 2.31. The van der Waals surface area contributed by atoms with Crippen molar-refractivity contribution >= 4 is 17.4 Å². The maximum absolute atomic E-state index is 10.2. The van der Waals surface area contributed by atoms with Gasteiger partial charge in [0.15, 0.2) is 0 Å². The van der Waals surface area contributed by atoms with Gasteiger partial charge in [-0.1, -0.05) is 18.2 Å². The second-order valence-corrected chi connectivity index (χ2v) is 2.87. The Balaban J connectivity index is 0.000000304. The Hall–Kier alpha value is -2.24. The number of hydrogen-bond acceptors (Lipinski definition) is 5. The molecule has 0 atom stereocenters. The fraction of sp³-hybridized carbons (Fsp3) is 0.273. The van der Waals surface area contributed by atoms with Crippen molar-refractivity contribution in [1.82, 2.24) is 0 Å². The number of esters is 1. The monoisotopic (exact) mass is 239 g/mol. The number of hydrogen-bond donors (Lipinski definition) is 0. The predicted octanol–water partition coefficient (Wildman–Crippen LogP) is 1.73. The van der Waals surface area contributed by atoms with Crippen molar-refractivity contribution in [2.24, 2.45) is 0 Å². The molecule has 0 unspecified atom stereocenters. The van der Waals surface area contributed by atoms with E-state index < -0.39 is 16.7 Å². The largest absolute Gasteiger partial charge is 0.460 e. The molecule has 0 radical (unpaired) electrons. The van der Waals surface area contributed by atoms with Gasteiger partial charge in [0.05, 0.1) is 11.5 Å². The van der Waals surface area contributed by atoms with Crippen LogP contribution < -0.4 is 0 Å². The Morgan fingerprint density at radius 2 is 1.82 bits per heavy atom. The molecule has 6 nitrogen and oxygen atoms in total. The van der Waals surface area contributed by atoms with Gasteiger partial charge in [0.2, 0.25) is 5.78 Å². The van der Waals surface area contributed by atoms with Crippen LogP contribution >= 0.6 is 0 Å². The zero-order chi connectivity index (χ0) is 13.3. The maximum Gasteiger partial charge on any atom is 0.374 e. The smallest absolute Gasteiger partial charge is 0.374 e. The number of nitro groups is 1. The van der Waals surface area contributed by atoms with Crippen LogP contribution in [-0.4, -0.2) is 23.3 Å². The van der Waals surface area contributed by atoms with Gasteiger partial charge in [-0.3, -0.25) is 14.9 Å². The summed E-state index contributed by atoms with van der Waals surface area (Å²) in [5.74, 6) is -1.31. The molecule has 0 fully saturated rings. The Kier molecular flexibility index (Phi) is 6.92. The Morgan fingerprint density at radius 1 is 1.29 bits per heavy atom. The number of ketones is 1. The number of carbonyl (C=O) groups excluding carboxylic acids is 2. The molecule has 1 aromatic carbocycles. The lowest BCUT2D eigenvalue weighted by Crippen LogP contribution is -2.12. The first-order valence-corrected chi connectivity index (χ1v) is 4.86. The van der Waals surface area contributed by atoms with Crippen molar-refractivity contribution in [3.8, 4) is 0 Å². The first kappa shape index (κ1) is 14.8. The van der Waals surface area contributed by atoms with E-state index in [1.165, 1.54) is 19.1 Å². The quantitative estimate of drug-likeness (QED) is 0.347. The standard InChI is InChI=1S/C6H5NO2.C5H8O3/c8-7(9)6-4-2-1-3-5-6;1-3-8-5(7)4(2)6/h1-5H;3H2,1-2H3. The molecule has 0 bridgehead atoms. The van der Waals surface area contributed by atoms with Crippen LogP contribution in [0.1, 0.15) is 13.8 Å². The lowest BCUT2D eigenvalue weighted by molar-refractivity contribution is -0.384. The van der Waals surface area contributed by atoms with E-state index in [0.717, 1.165) is 0 Å². The number of ether oxygens (including phenoxy) is 1. The van der Waals surface area contributed by atoms with Crippen LogP contribution in [0.3, 0.4) is 0 Å². The predicted molar refractivity (Wildman–Crippen MR) is 60.4 cm³/mol. The number of Topliss-reactive ketones (excluding diaryl/α,β-unsaturated/α-hetero) is 1. The molecular formula is C11H13NO5. The summed E-state index contributed by atoms with van der Waals surface area (Å²) >= 11 is 0. The van der Waals surface area contributed by atoms with Gasteiger partial charge in [0.1, 0.15) is 0 Å². The molecular weight excluding hydrogens is 226 g/mol. The van der Waals surface area contributed by atoms with Crippen LogP contribution in [0.25, 0.3) is 0 Å². The summed E-state index contributed by atoms with van der Waals surface area (Å²) in [5.41, 5.74) is 0.137. The topological polar surface area (TPSA) is 86.5 Å². The normalized spacial score (nSPS) is 8.59. The Labute approximate surface area is 98.4 Å². The number of non-ortho nitro benzene ring substituents is 1. The Morgan fingerprint density at radius 3 is 2.06 bits per heavy atom. The highest BCUT2D eigenvalue weighted by atomic mass is 16.6. The molecule has 1 rings (SSSR count). The fourth-order valence-electron chi connectivity index (χ4n) is 0.782. The van der Waals surface area contributed by atoms with E-state index in [2.05, 4.69) is 4.74 Å². The molecule has 6 heteroatoms. The van der Waals surface area contributed by atoms with Crippen LogP contribution in [0.5, 0.6) is 0 Å². The summed E-state index contributed by atoms with van der Waals surface area (Å²) in [6.07, 6.45) is 0. The van der Waals surface area contributed by atoms with Crippen molar-refractivity contribution in [2.45, 2.75) is 13.8 Å². The van der Waals surface area contributed by atoms with Crippen LogP contribution in [0.4, 0.5) is 5.69 Å². The summed E-state index contributed by atoms with van der Waals surface area (Å²) < 4.78 is 4.31. The van der Waals surface area contributed by atoms with Gasteiger partial charge < -0.3 is 4.74 Å². The highest BCUT2D eigenvalue weighted by molar-refractivity contribution is 6.32.